The molecule has 74 heavy (non-hydrogen) atoms. The van der Waals surface area contributed by atoms with E-state index in [1.165, 1.54) is 70.6 Å². The van der Waals surface area contributed by atoms with Crippen molar-refractivity contribution >= 4 is 25.7 Å². The van der Waals surface area contributed by atoms with Gasteiger partial charge in [0.25, 0.3) is 0 Å². The first-order valence-electron chi connectivity index (χ1n) is 28.8. The number of hydrogen-bond acceptors (Lipinski definition) is 10. The summed E-state index contributed by atoms with van der Waals surface area (Å²) in [4.78, 5) is 48.5. The third kappa shape index (κ3) is 53.0. The minimum absolute atomic E-state index is 0.0368. The molecule has 0 aromatic carbocycles. The second-order valence-corrected chi connectivity index (χ2v) is 20.1. The number of esters is 3. The first-order valence-corrected chi connectivity index (χ1v) is 30.3. The molecule has 0 aliphatic heterocycles. The number of carbonyl (C=O) groups excluding carboxylic acids is 3. The molecular formula is C62H103O11P. The number of unbranched alkanes of at least 4 members (excludes halogenated alkanes) is 17. The van der Waals surface area contributed by atoms with Gasteiger partial charge in [-0.25, -0.2) is 4.57 Å². The van der Waals surface area contributed by atoms with Crippen LogP contribution in [0.2, 0.25) is 0 Å². The summed E-state index contributed by atoms with van der Waals surface area (Å²) >= 11 is 0. The van der Waals surface area contributed by atoms with Crippen molar-refractivity contribution in [3.8, 4) is 0 Å². The first-order chi connectivity index (χ1) is 36.2. The molecule has 0 spiro atoms. The van der Waals surface area contributed by atoms with E-state index < -0.39 is 57.8 Å². The molecule has 0 aromatic rings. The number of carbonyl (C=O) groups is 3. The number of aliphatic hydroxyl groups excluding tert-OH is 1. The summed E-state index contributed by atoms with van der Waals surface area (Å²) in [6, 6.07) is 0. The lowest BCUT2D eigenvalue weighted by atomic mass is 10.0. The van der Waals surface area contributed by atoms with Gasteiger partial charge in [-0.2, -0.15) is 0 Å². The SMILES string of the molecule is CC/C=C\C/C=C\C/C=C\C/C=C\C/C=C\C/C=C\CCC(=O)OC(COC(=O)CCCCCCCCCCCCCCCCC)COP(=O)(O)OCC(CO)OC(=O)CCCCC/C=C\C/C=C\C/C=C\CC. The molecule has 0 saturated heterocycles. The average Bonchev–Trinajstić information content (AvgIpc) is 3.39. The number of aliphatic hydroxyl groups is 1. The number of hydrogen-bond donors (Lipinski definition) is 2. The molecule has 0 saturated carbocycles. The lowest BCUT2D eigenvalue weighted by Crippen LogP contribution is -2.30. The summed E-state index contributed by atoms with van der Waals surface area (Å²) in [5.41, 5.74) is 0. The van der Waals surface area contributed by atoms with E-state index in [0.717, 1.165) is 89.9 Å². The van der Waals surface area contributed by atoms with Crippen LogP contribution >= 0.6 is 7.82 Å². The van der Waals surface area contributed by atoms with Crippen molar-refractivity contribution < 1.29 is 52.2 Å². The molecule has 0 rings (SSSR count). The molecule has 0 aliphatic carbocycles. The van der Waals surface area contributed by atoms with E-state index in [4.69, 9.17) is 23.3 Å². The minimum Gasteiger partial charge on any atom is -0.462 e. The van der Waals surface area contributed by atoms with E-state index in [9.17, 15) is 28.9 Å². The molecule has 0 fully saturated rings. The summed E-state index contributed by atoms with van der Waals surface area (Å²) in [7, 11) is -4.78. The molecule has 0 bridgehead atoms. The van der Waals surface area contributed by atoms with Crippen LogP contribution in [0, 0.1) is 0 Å². The van der Waals surface area contributed by atoms with Gasteiger partial charge in [0.2, 0.25) is 0 Å². The molecule has 12 heteroatoms. The Balaban J connectivity index is 4.87. The van der Waals surface area contributed by atoms with Gasteiger partial charge in [-0.1, -0.05) is 226 Å². The predicted octanol–water partition coefficient (Wildman–Crippen LogP) is 17.0. The number of phosphoric acid groups is 1. The highest BCUT2D eigenvalue weighted by Gasteiger charge is 2.28. The summed E-state index contributed by atoms with van der Waals surface area (Å²) in [5.74, 6) is -1.60. The summed E-state index contributed by atoms with van der Waals surface area (Å²) < 4.78 is 39.4. The summed E-state index contributed by atoms with van der Waals surface area (Å²) in [5, 5.41) is 9.80. The van der Waals surface area contributed by atoms with Crippen molar-refractivity contribution in [3.05, 3.63) is 109 Å². The average molecular weight is 1060 g/mol. The van der Waals surface area contributed by atoms with Crippen LogP contribution < -0.4 is 0 Å². The van der Waals surface area contributed by atoms with Crippen molar-refractivity contribution in [1.82, 2.24) is 0 Å². The monoisotopic (exact) mass is 1050 g/mol. The number of rotatable bonds is 52. The zero-order valence-corrected chi connectivity index (χ0v) is 47.4. The highest BCUT2D eigenvalue weighted by atomic mass is 31.2. The molecular weight excluding hydrogens is 952 g/mol. The fourth-order valence-corrected chi connectivity index (χ4v) is 8.18. The quantitative estimate of drug-likeness (QED) is 0.0197. The van der Waals surface area contributed by atoms with Crippen molar-refractivity contribution in [3.63, 3.8) is 0 Å². The molecule has 11 nitrogen and oxygen atoms in total. The van der Waals surface area contributed by atoms with Crippen LogP contribution in [0.25, 0.3) is 0 Å². The van der Waals surface area contributed by atoms with Gasteiger partial charge in [0, 0.05) is 19.3 Å². The van der Waals surface area contributed by atoms with Gasteiger partial charge in [0.05, 0.1) is 19.8 Å². The van der Waals surface area contributed by atoms with E-state index in [1.54, 1.807) is 0 Å². The van der Waals surface area contributed by atoms with Gasteiger partial charge in [0.15, 0.2) is 6.10 Å². The highest BCUT2D eigenvalue weighted by molar-refractivity contribution is 7.47. The number of allylic oxidation sites excluding steroid dienone is 18. The highest BCUT2D eigenvalue weighted by Crippen LogP contribution is 2.43. The predicted molar refractivity (Wildman–Crippen MR) is 307 cm³/mol. The lowest BCUT2D eigenvalue weighted by Gasteiger charge is -2.21. The maximum absolute atomic E-state index is 12.9. The van der Waals surface area contributed by atoms with Crippen LogP contribution in [-0.2, 0) is 42.2 Å². The van der Waals surface area contributed by atoms with Crippen LogP contribution in [0.3, 0.4) is 0 Å². The van der Waals surface area contributed by atoms with E-state index >= 15 is 0 Å². The molecule has 3 atom stereocenters. The van der Waals surface area contributed by atoms with Crippen LogP contribution in [0.1, 0.15) is 226 Å². The Morgan fingerprint density at radius 1 is 0.392 bits per heavy atom. The second kappa shape index (κ2) is 55.4. The van der Waals surface area contributed by atoms with E-state index in [2.05, 4.69) is 118 Å². The van der Waals surface area contributed by atoms with Crippen LogP contribution in [0.15, 0.2) is 109 Å². The summed E-state index contributed by atoms with van der Waals surface area (Å²) in [6.45, 7) is 4.29. The van der Waals surface area contributed by atoms with Gasteiger partial charge < -0.3 is 24.2 Å². The van der Waals surface area contributed by atoms with Crippen LogP contribution in [0.4, 0.5) is 0 Å². The molecule has 0 heterocycles. The second-order valence-electron chi connectivity index (χ2n) is 18.7. The van der Waals surface area contributed by atoms with Crippen molar-refractivity contribution in [2.24, 2.45) is 0 Å². The minimum atomic E-state index is -4.78. The van der Waals surface area contributed by atoms with E-state index in [0.29, 0.717) is 25.7 Å². The summed E-state index contributed by atoms with van der Waals surface area (Å²) in [6.07, 6.45) is 66.4. The Labute approximate surface area is 450 Å². The van der Waals surface area contributed by atoms with Crippen LogP contribution in [-0.4, -0.2) is 66.5 Å². The fraction of sp³-hybridized carbons (Fsp3) is 0.661. The lowest BCUT2D eigenvalue weighted by molar-refractivity contribution is -0.161. The van der Waals surface area contributed by atoms with Gasteiger partial charge in [-0.15, -0.1) is 0 Å². The first kappa shape index (κ1) is 70.1. The molecule has 0 aliphatic rings. The van der Waals surface area contributed by atoms with Crippen molar-refractivity contribution in [2.75, 3.05) is 26.4 Å². The van der Waals surface area contributed by atoms with Gasteiger partial charge in [-0.3, -0.25) is 23.4 Å². The van der Waals surface area contributed by atoms with Crippen LogP contribution in [0.5, 0.6) is 0 Å². The number of ether oxygens (including phenoxy) is 3. The molecule has 0 radical (unpaired) electrons. The smallest absolute Gasteiger partial charge is 0.462 e. The normalized spacial score (nSPS) is 14.2. The van der Waals surface area contributed by atoms with Gasteiger partial charge >= 0.3 is 25.7 Å². The zero-order chi connectivity index (χ0) is 54.1. The molecule has 2 N–H and O–H groups in total. The van der Waals surface area contributed by atoms with Gasteiger partial charge in [-0.05, 0) is 89.9 Å². The van der Waals surface area contributed by atoms with E-state index in [1.807, 2.05) is 12.2 Å². The third-order valence-electron chi connectivity index (χ3n) is 11.7. The topological polar surface area (TPSA) is 155 Å². The molecule has 3 unspecified atom stereocenters. The van der Waals surface area contributed by atoms with E-state index in [-0.39, 0.29) is 25.9 Å². The zero-order valence-electron chi connectivity index (χ0n) is 46.5. The molecule has 422 valence electrons. The van der Waals surface area contributed by atoms with Crippen molar-refractivity contribution in [2.45, 2.75) is 238 Å². The number of phosphoric ester groups is 1. The molecule has 0 amide bonds. The Kier molecular flexibility index (Phi) is 52.5. The fourth-order valence-electron chi connectivity index (χ4n) is 7.40. The molecule has 0 aromatic heterocycles. The maximum atomic E-state index is 12.9. The Morgan fingerprint density at radius 2 is 0.730 bits per heavy atom. The Bertz CT molecular complexity index is 1660. The largest absolute Gasteiger partial charge is 0.472 e. The third-order valence-corrected chi connectivity index (χ3v) is 12.7. The Morgan fingerprint density at radius 3 is 1.16 bits per heavy atom. The standard InChI is InChI=1S/C62H103O11P/c1-4-7-10-13-16-19-22-25-27-28-29-30-32-35-38-41-44-47-50-53-62(66)73-59(55-69-60(64)51-48-45-42-39-36-34-31-26-23-20-17-14-11-8-5-2)57-71-74(67,68)70-56-58(54-63)72-61(65)52-49-46-43-40-37-33-24-21-18-15-12-9-6-3/h7,9-10,12,16,18-19,21,25,27,29-30,33,35,37-38,44,47,58-59,63H,4-6,8,11,13-15,17,20,22-24,26,28,31-32,34,36,39-43,45-46,48-57H2,1-3H3,(H,67,68)/b10-7-,12-9-,19-16-,21-18-,27-25-,30-29-,37-33-,38-35-,47-44-. The van der Waals surface area contributed by atoms with Crippen molar-refractivity contribution in [1.29, 1.82) is 0 Å². The maximum Gasteiger partial charge on any atom is 0.472 e. The van der Waals surface area contributed by atoms with Gasteiger partial charge in [0.1, 0.15) is 12.7 Å². The Hall–Kier alpha value is -3.86.